The van der Waals surface area contributed by atoms with Gasteiger partial charge in [-0.1, -0.05) is 19.4 Å². The van der Waals surface area contributed by atoms with Gasteiger partial charge in [0.1, 0.15) is 0 Å². The Morgan fingerprint density at radius 3 is 2.48 bits per heavy atom. The van der Waals surface area contributed by atoms with Gasteiger partial charge in [-0.3, -0.25) is 0 Å². The zero-order valence-electron chi connectivity index (χ0n) is 14.2. The molecule has 0 bridgehead atoms. The first-order valence-electron chi connectivity index (χ1n) is 7.87. The van der Waals surface area contributed by atoms with Gasteiger partial charge < -0.3 is 20.5 Å². The average Bonchev–Trinajstić information content (AvgIpc) is 2.52. The lowest BCUT2D eigenvalue weighted by atomic mass is 9.67. The smallest absolute Gasteiger partial charge is 0.188 e. The van der Waals surface area contributed by atoms with Crippen molar-refractivity contribution in [1.29, 1.82) is 0 Å². The summed E-state index contributed by atoms with van der Waals surface area (Å²) in [6.07, 6.45) is 5.11. The van der Waals surface area contributed by atoms with Gasteiger partial charge in [-0.05, 0) is 42.4 Å². The fourth-order valence-electron chi connectivity index (χ4n) is 2.82. The number of guanidine groups is 1. The Bertz CT molecular complexity index is 525. The van der Waals surface area contributed by atoms with Crippen LogP contribution < -0.4 is 20.5 Å². The molecule has 1 aromatic rings. The average molecular weight is 433 g/mol. The molecule has 0 heterocycles. The summed E-state index contributed by atoms with van der Waals surface area (Å²) >= 11 is 0. The lowest BCUT2D eigenvalue weighted by Gasteiger charge is -2.41. The number of nitrogens with two attached hydrogens (primary N) is 1. The van der Waals surface area contributed by atoms with Crippen LogP contribution in [0.3, 0.4) is 0 Å². The number of nitrogens with zero attached hydrogens (tertiary/aromatic N) is 1. The molecule has 130 valence electrons. The second-order valence-corrected chi connectivity index (χ2v) is 5.95. The molecular formula is C17H28IN3O2. The van der Waals surface area contributed by atoms with Crippen LogP contribution in [0.15, 0.2) is 23.2 Å². The number of methoxy groups -OCH3 is 2. The second-order valence-electron chi connectivity index (χ2n) is 5.95. The number of halogens is 1. The molecule has 3 N–H and O–H groups in total. The van der Waals surface area contributed by atoms with Gasteiger partial charge in [-0.2, -0.15) is 0 Å². The van der Waals surface area contributed by atoms with Crippen molar-refractivity contribution in [1.82, 2.24) is 5.32 Å². The first-order valence-corrected chi connectivity index (χ1v) is 7.87. The van der Waals surface area contributed by atoms with Crippen molar-refractivity contribution < 1.29 is 9.47 Å². The maximum Gasteiger partial charge on any atom is 0.188 e. The molecule has 1 aromatic carbocycles. The molecule has 0 spiro atoms. The van der Waals surface area contributed by atoms with Gasteiger partial charge in [-0.25, -0.2) is 4.99 Å². The molecule has 1 fully saturated rings. The van der Waals surface area contributed by atoms with Crippen LogP contribution in [0.1, 0.15) is 38.2 Å². The third-order valence-corrected chi connectivity index (χ3v) is 4.69. The second kappa shape index (κ2) is 9.20. The molecule has 0 aromatic heterocycles. The van der Waals surface area contributed by atoms with Crippen molar-refractivity contribution in [3.63, 3.8) is 0 Å². The molecular weight excluding hydrogens is 405 g/mol. The van der Waals surface area contributed by atoms with Gasteiger partial charge in [0.25, 0.3) is 0 Å². The summed E-state index contributed by atoms with van der Waals surface area (Å²) in [5.74, 6) is 1.94. The van der Waals surface area contributed by atoms with Crippen LogP contribution in [0.25, 0.3) is 0 Å². The van der Waals surface area contributed by atoms with Crippen molar-refractivity contribution >= 4 is 29.9 Å². The minimum Gasteiger partial charge on any atom is -0.493 e. The van der Waals surface area contributed by atoms with Gasteiger partial charge >= 0.3 is 0 Å². The van der Waals surface area contributed by atoms with Gasteiger partial charge in [0.05, 0.1) is 20.8 Å². The van der Waals surface area contributed by atoms with Crippen LogP contribution in [0.2, 0.25) is 0 Å². The summed E-state index contributed by atoms with van der Waals surface area (Å²) in [6.45, 7) is 3.70. The Kier molecular flexibility index (Phi) is 7.94. The Morgan fingerprint density at radius 2 is 1.96 bits per heavy atom. The van der Waals surface area contributed by atoms with Crippen molar-refractivity contribution in [3.05, 3.63) is 23.8 Å². The molecule has 23 heavy (non-hydrogen) atoms. The zero-order chi connectivity index (χ0) is 16.0. The first-order chi connectivity index (χ1) is 10.6. The van der Waals surface area contributed by atoms with E-state index >= 15 is 0 Å². The van der Waals surface area contributed by atoms with E-state index in [1.54, 1.807) is 14.2 Å². The van der Waals surface area contributed by atoms with Gasteiger partial charge in [0.15, 0.2) is 17.5 Å². The van der Waals surface area contributed by atoms with Gasteiger partial charge in [-0.15, -0.1) is 24.0 Å². The topological polar surface area (TPSA) is 68.9 Å². The maximum atomic E-state index is 5.97. The van der Waals surface area contributed by atoms with Crippen molar-refractivity contribution in [2.45, 2.75) is 39.2 Å². The van der Waals surface area contributed by atoms with Crippen LogP contribution >= 0.6 is 24.0 Å². The van der Waals surface area contributed by atoms with Crippen molar-refractivity contribution in [2.75, 3.05) is 20.8 Å². The normalized spacial score (nSPS) is 16.0. The van der Waals surface area contributed by atoms with E-state index in [0.717, 1.165) is 17.9 Å². The molecule has 0 amide bonds. The van der Waals surface area contributed by atoms with E-state index in [1.807, 2.05) is 18.2 Å². The molecule has 0 aliphatic heterocycles. The molecule has 1 aliphatic carbocycles. The van der Waals surface area contributed by atoms with Gasteiger partial charge in [0.2, 0.25) is 0 Å². The molecule has 0 atom stereocenters. The van der Waals surface area contributed by atoms with Crippen LogP contribution in [0.5, 0.6) is 11.5 Å². The predicted octanol–water partition coefficient (Wildman–Crippen LogP) is 3.31. The van der Waals surface area contributed by atoms with E-state index in [1.165, 1.54) is 25.7 Å². The Balaban J connectivity index is 0.00000264. The Labute approximate surface area is 156 Å². The van der Waals surface area contributed by atoms with Crippen LogP contribution in [0, 0.1) is 5.41 Å². The summed E-state index contributed by atoms with van der Waals surface area (Å²) in [7, 11) is 3.26. The van der Waals surface area contributed by atoms with E-state index in [-0.39, 0.29) is 24.0 Å². The highest BCUT2D eigenvalue weighted by Gasteiger charge is 2.34. The third-order valence-electron chi connectivity index (χ3n) is 4.69. The number of rotatable bonds is 7. The number of benzene rings is 1. The first kappa shape index (κ1) is 19.9. The molecule has 2 rings (SSSR count). The Morgan fingerprint density at radius 1 is 1.26 bits per heavy atom. The summed E-state index contributed by atoms with van der Waals surface area (Å²) in [6, 6.07) is 5.78. The van der Waals surface area contributed by atoms with E-state index in [2.05, 4.69) is 17.2 Å². The van der Waals surface area contributed by atoms with Crippen LogP contribution in [-0.4, -0.2) is 26.7 Å². The van der Waals surface area contributed by atoms with E-state index in [9.17, 15) is 0 Å². The summed E-state index contributed by atoms with van der Waals surface area (Å²) in [4.78, 5) is 4.41. The van der Waals surface area contributed by atoms with Gasteiger partial charge in [0, 0.05) is 6.54 Å². The number of aliphatic imine (C=N–C) groups is 1. The molecule has 6 heteroatoms. The quantitative estimate of drug-likeness (QED) is 0.394. The maximum absolute atomic E-state index is 5.97. The zero-order valence-corrected chi connectivity index (χ0v) is 16.6. The lowest BCUT2D eigenvalue weighted by Crippen LogP contribution is -2.44. The molecule has 0 unspecified atom stereocenters. The number of hydrogen-bond acceptors (Lipinski definition) is 3. The number of nitrogens with one attached hydrogen (secondary N) is 1. The summed E-state index contributed by atoms with van der Waals surface area (Å²) in [5, 5.41) is 3.27. The fourth-order valence-corrected chi connectivity index (χ4v) is 2.82. The number of hydrogen-bond donors (Lipinski definition) is 2. The summed E-state index contributed by atoms with van der Waals surface area (Å²) in [5.41, 5.74) is 7.44. The van der Waals surface area contributed by atoms with Crippen LogP contribution in [-0.2, 0) is 6.54 Å². The minimum atomic E-state index is 0. The standard InChI is InChI=1S/C17H27N3O2.HI/c1-4-17(8-5-9-17)12-20-16(18)19-11-13-6-7-14(21-2)15(10-13)22-3;/h6-7,10H,4-5,8-9,11-12H2,1-3H3,(H3,18,19,20);1H. The highest BCUT2D eigenvalue weighted by Crippen LogP contribution is 2.42. The fraction of sp³-hybridized carbons (Fsp3) is 0.588. The van der Waals surface area contributed by atoms with E-state index < -0.39 is 0 Å². The highest BCUT2D eigenvalue weighted by atomic mass is 127. The van der Waals surface area contributed by atoms with Crippen LogP contribution in [0.4, 0.5) is 0 Å². The van der Waals surface area contributed by atoms with E-state index in [0.29, 0.717) is 23.7 Å². The largest absolute Gasteiger partial charge is 0.493 e. The molecule has 0 saturated heterocycles. The van der Waals surface area contributed by atoms with Crippen molar-refractivity contribution in [2.24, 2.45) is 16.1 Å². The summed E-state index contributed by atoms with van der Waals surface area (Å²) < 4.78 is 10.5. The molecule has 0 radical (unpaired) electrons. The molecule has 1 aliphatic rings. The number of ether oxygens (including phenoxy) is 2. The lowest BCUT2D eigenvalue weighted by molar-refractivity contribution is 0.131. The predicted molar refractivity (Wildman–Crippen MR) is 105 cm³/mol. The van der Waals surface area contributed by atoms with E-state index in [4.69, 9.17) is 15.2 Å². The Hall–Kier alpha value is -1.18. The monoisotopic (exact) mass is 433 g/mol. The van der Waals surface area contributed by atoms with Crippen molar-refractivity contribution in [3.8, 4) is 11.5 Å². The molecule has 5 nitrogen and oxygen atoms in total. The molecule has 1 saturated carbocycles. The highest BCUT2D eigenvalue weighted by molar-refractivity contribution is 14.0. The minimum absolute atomic E-state index is 0. The SMILES string of the molecule is CCC1(CNC(N)=NCc2ccc(OC)c(OC)c2)CCC1.I. The third kappa shape index (κ3) is 5.16.